The van der Waals surface area contributed by atoms with Gasteiger partial charge in [-0.05, 0) is 46.5 Å². The minimum Gasteiger partial charge on any atom is -0.354 e. The van der Waals surface area contributed by atoms with Gasteiger partial charge in [0.1, 0.15) is 17.3 Å². The van der Waals surface area contributed by atoms with E-state index in [9.17, 15) is 18.4 Å². The van der Waals surface area contributed by atoms with Crippen molar-refractivity contribution in [2.45, 2.75) is 27.3 Å². The molecule has 27 heavy (non-hydrogen) atoms. The number of likely N-dealkylation sites (N-methyl/N-ethyl adjacent to an activating group) is 1. The average molecular weight is 377 g/mol. The Balaban J connectivity index is 2.37. The highest BCUT2D eigenvalue weighted by Crippen LogP contribution is 2.21. The lowest BCUT2D eigenvalue weighted by atomic mass is 10.1. The lowest BCUT2D eigenvalue weighted by Gasteiger charge is -2.25. The van der Waals surface area contributed by atoms with Gasteiger partial charge in [-0.1, -0.05) is 6.07 Å². The van der Waals surface area contributed by atoms with Crippen molar-refractivity contribution in [3.8, 4) is 0 Å². The van der Waals surface area contributed by atoms with Crippen LogP contribution in [0.5, 0.6) is 0 Å². The van der Waals surface area contributed by atoms with E-state index in [1.165, 1.54) is 24.0 Å². The molecule has 5 nitrogen and oxygen atoms in total. The minimum absolute atomic E-state index is 0.00565. The average Bonchev–Trinajstić information content (AvgIpc) is 2.87. The predicted octanol–water partition coefficient (Wildman–Crippen LogP) is 3.32. The molecule has 2 rings (SSSR count). The number of nitrogens with zero attached hydrogens (tertiary/aromatic N) is 2. The second kappa shape index (κ2) is 8.43. The third-order valence-corrected chi connectivity index (χ3v) is 4.48. The molecule has 0 aliphatic rings. The molecule has 0 fully saturated rings. The van der Waals surface area contributed by atoms with E-state index in [1.54, 1.807) is 13.8 Å². The number of amides is 1. The van der Waals surface area contributed by atoms with Gasteiger partial charge in [-0.15, -0.1) is 0 Å². The van der Waals surface area contributed by atoms with E-state index in [1.807, 2.05) is 19.0 Å². The quantitative estimate of drug-likeness (QED) is 0.753. The molecule has 0 radical (unpaired) electrons. The number of Topliss-reactive ketones (excluding diaryl/α,β-unsaturated/α-hetero) is 1. The number of hydrogen-bond donors (Lipinski definition) is 1. The lowest BCUT2D eigenvalue weighted by molar-refractivity contribution is 0.0724. The Hall–Kier alpha value is -2.54. The molecule has 146 valence electrons. The molecule has 0 saturated heterocycles. The maximum Gasteiger partial charge on any atom is 0.270 e. The molecular formula is C20H25F2N3O2. The smallest absolute Gasteiger partial charge is 0.270 e. The van der Waals surface area contributed by atoms with E-state index in [-0.39, 0.29) is 23.8 Å². The fourth-order valence-corrected chi connectivity index (χ4v) is 3.08. The molecule has 1 amide bonds. The van der Waals surface area contributed by atoms with Crippen molar-refractivity contribution < 1.29 is 18.4 Å². The molecule has 1 aromatic carbocycles. The Bertz CT molecular complexity index is 859. The van der Waals surface area contributed by atoms with E-state index in [0.29, 0.717) is 35.6 Å². The summed E-state index contributed by atoms with van der Waals surface area (Å²) in [5, 5.41) is 0. The Morgan fingerprint density at radius 2 is 1.78 bits per heavy atom. The molecule has 0 spiro atoms. The van der Waals surface area contributed by atoms with E-state index in [4.69, 9.17) is 0 Å². The van der Waals surface area contributed by atoms with Crippen LogP contribution in [0, 0.1) is 25.5 Å². The first kappa shape index (κ1) is 20.8. The zero-order valence-electron chi connectivity index (χ0n) is 16.3. The first-order valence-electron chi connectivity index (χ1n) is 8.69. The number of aryl methyl sites for hydroxylation is 1. The molecule has 1 aromatic heterocycles. The molecule has 0 aliphatic carbocycles. The van der Waals surface area contributed by atoms with Crippen molar-refractivity contribution in [1.82, 2.24) is 14.8 Å². The summed E-state index contributed by atoms with van der Waals surface area (Å²) in [4.78, 5) is 31.4. The number of halogens is 2. The fourth-order valence-electron chi connectivity index (χ4n) is 3.08. The van der Waals surface area contributed by atoms with Crippen LogP contribution < -0.4 is 0 Å². The Labute approximate surface area is 158 Å². The highest BCUT2D eigenvalue weighted by molar-refractivity contribution is 6.02. The van der Waals surface area contributed by atoms with E-state index in [0.717, 1.165) is 6.07 Å². The predicted molar refractivity (Wildman–Crippen MR) is 99.9 cm³/mol. The first-order valence-corrected chi connectivity index (χ1v) is 8.69. The number of ketones is 1. The summed E-state index contributed by atoms with van der Waals surface area (Å²) >= 11 is 0. The Morgan fingerprint density at radius 3 is 2.30 bits per heavy atom. The number of aromatic amines is 1. The van der Waals surface area contributed by atoms with Crippen LogP contribution in [0.2, 0.25) is 0 Å². The van der Waals surface area contributed by atoms with E-state index < -0.39 is 11.6 Å². The molecule has 0 saturated carbocycles. The van der Waals surface area contributed by atoms with Crippen LogP contribution in [-0.2, 0) is 6.54 Å². The largest absolute Gasteiger partial charge is 0.354 e. The number of hydrogen-bond acceptors (Lipinski definition) is 3. The third-order valence-electron chi connectivity index (χ3n) is 4.48. The molecule has 0 bridgehead atoms. The number of carbonyl (C=O) groups excluding carboxylic acids is 2. The number of H-pyrrole nitrogens is 1. The van der Waals surface area contributed by atoms with Crippen molar-refractivity contribution in [2.24, 2.45) is 0 Å². The maximum absolute atomic E-state index is 14.1. The zero-order chi connectivity index (χ0) is 20.3. The van der Waals surface area contributed by atoms with Crippen LogP contribution in [0.15, 0.2) is 18.2 Å². The van der Waals surface area contributed by atoms with Gasteiger partial charge >= 0.3 is 0 Å². The molecule has 7 heteroatoms. The van der Waals surface area contributed by atoms with Gasteiger partial charge in [-0.3, -0.25) is 9.59 Å². The number of nitrogens with one attached hydrogen (secondary N) is 1. The van der Waals surface area contributed by atoms with Crippen LogP contribution in [0.1, 0.15) is 44.6 Å². The molecule has 0 unspecified atom stereocenters. The van der Waals surface area contributed by atoms with Crippen molar-refractivity contribution in [3.05, 3.63) is 57.9 Å². The number of benzene rings is 1. The minimum atomic E-state index is -0.693. The maximum atomic E-state index is 14.1. The second-order valence-corrected chi connectivity index (χ2v) is 6.95. The van der Waals surface area contributed by atoms with E-state index in [2.05, 4.69) is 4.98 Å². The van der Waals surface area contributed by atoms with Gasteiger partial charge in [0, 0.05) is 42.5 Å². The molecule has 1 heterocycles. The highest BCUT2D eigenvalue weighted by Gasteiger charge is 2.24. The van der Waals surface area contributed by atoms with Crippen LogP contribution in [-0.4, -0.2) is 53.7 Å². The standard InChI is InChI=1S/C20H25F2N3O2/c1-12-18(14(3)26)13(2)23-19(12)20(27)25(9-8-24(4)5)11-15-6-7-16(21)10-17(15)22/h6-7,10,23H,8-9,11H2,1-5H3. The van der Waals surface area contributed by atoms with E-state index >= 15 is 0 Å². The van der Waals surface area contributed by atoms with Crippen LogP contribution >= 0.6 is 0 Å². The van der Waals surface area contributed by atoms with Gasteiger partial charge in [-0.2, -0.15) is 0 Å². The van der Waals surface area contributed by atoms with Crippen molar-refractivity contribution >= 4 is 11.7 Å². The van der Waals surface area contributed by atoms with Crippen molar-refractivity contribution in [2.75, 3.05) is 27.2 Å². The van der Waals surface area contributed by atoms with Gasteiger partial charge in [-0.25, -0.2) is 8.78 Å². The van der Waals surface area contributed by atoms with Crippen LogP contribution in [0.3, 0.4) is 0 Å². The van der Waals surface area contributed by atoms with Gasteiger partial charge in [0.15, 0.2) is 5.78 Å². The third kappa shape index (κ3) is 4.80. The topological polar surface area (TPSA) is 56.4 Å². The number of carbonyl (C=O) groups is 2. The first-order chi connectivity index (χ1) is 12.6. The van der Waals surface area contributed by atoms with Gasteiger partial charge < -0.3 is 14.8 Å². The second-order valence-electron chi connectivity index (χ2n) is 6.95. The van der Waals surface area contributed by atoms with Crippen molar-refractivity contribution in [1.29, 1.82) is 0 Å². The molecule has 1 N–H and O–H groups in total. The number of rotatable bonds is 7. The van der Waals surface area contributed by atoms with Gasteiger partial charge in [0.05, 0.1) is 0 Å². The van der Waals surface area contributed by atoms with Crippen molar-refractivity contribution in [3.63, 3.8) is 0 Å². The van der Waals surface area contributed by atoms with Crippen LogP contribution in [0.4, 0.5) is 8.78 Å². The highest BCUT2D eigenvalue weighted by atomic mass is 19.1. The summed E-state index contributed by atoms with van der Waals surface area (Å²) < 4.78 is 27.3. The normalized spacial score (nSPS) is 11.1. The summed E-state index contributed by atoms with van der Waals surface area (Å²) in [5.74, 6) is -1.80. The SMILES string of the molecule is CC(=O)c1c(C)[nH]c(C(=O)N(CCN(C)C)Cc2ccc(F)cc2F)c1C. The summed E-state index contributed by atoms with van der Waals surface area (Å²) in [6.07, 6.45) is 0. The van der Waals surface area contributed by atoms with Gasteiger partial charge in [0.25, 0.3) is 5.91 Å². The summed E-state index contributed by atoms with van der Waals surface area (Å²) in [6.45, 7) is 5.85. The molecule has 0 aliphatic heterocycles. The molecular weight excluding hydrogens is 352 g/mol. The summed E-state index contributed by atoms with van der Waals surface area (Å²) in [6, 6.07) is 3.32. The lowest BCUT2D eigenvalue weighted by Crippen LogP contribution is -2.37. The van der Waals surface area contributed by atoms with Gasteiger partial charge in [0.2, 0.25) is 0 Å². The Morgan fingerprint density at radius 1 is 1.11 bits per heavy atom. The fraction of sp³-hybridized carbons (Fsp3) is 0.400. The summed E-state index contributed by atoms with van der Waals surface area (Å²) in [7, 11) is 3.75. The monoisotopic (exact) mass is 377 g/mol. The summed E-state index contributed by atoms with van der Waals surface area (Å²) in [5.41, 5.74) is 2.26. The molecule has 2 aromatic rings. The Kier molecular flexibility index (Phi) is 6.49. The zero-order valence-corrected chi connectivity index (χ0v) is 16.3. The van der Waals surface area contributed by atoms with Crippen LogP contribution in [0.25, 0.3) is 0 Å². The number of aromatic nitrogens is 1. The molecule has 0 atom stereocenters.